The first-order chi connectivity index (χ1) is 15.3. The van der Waals surface area contributed by atoms with Crippen LogP contribution >= 0.6 is 66.1 Å². The van der Waals surface area contributed by atoms with E-state index in [4.69, 9.17) is 21.1 Å². The molecular weight excluding hydrogens is 678 g/mol. The molecule has 0 spiro atoms. The van der Waals surface area contributed by atoms with Crippen molar-refractivity contribution < 1.29 is 19.1 Å². The summed E-state index contributed by atoms with van der Waals surface area (Å²) in [6.07, 6.45) is 1.38. The minimum absolute atomic E-state index is 0.227. The van der Waals surface area contributed by atoms with Gasteiger partial charge in [0.25, 0.3) is 5.91 Å². The van der Waals surface area contributed by atoms with Gasteiger partial charge in [0.05, 0.1) is 16.3 Å². The van der Waals surface area contributed by atoms with Gasteiger partial charge in [-0.2, -0.15) is 5.10 Å². The van der Waals surface area contributed by atoms with Gasteiger partial charge in [0.1, 0.15) is 5.75 Å². The number of nitrogens with one attached hydrogen (secondary N) is 1. The molecule has 0 heterocycles. The maximum Gasteiger partial charge on any atom is 0.344 e. The topological polar surface area (TPSA) is 77.0 Å². The second-order valence-electron chi connectivity index (χ2n) is 6.21. The van der Waals surface area contributed by atoms with Crippen molar-refractivity contribution in [2.75, 3.05) is 6.61 Å². The van der Waals surface area contributed by atoms with Gasteiger partial charge in [-0.1, -0.05) is 39.7 Å². The van der Waals surface area contributed by atoms with Crippen molar-refractivity contribution in [3.63, 3.8) is 0 Å². The summed E-state index contributed by atoms with van der Waals surface area (Å²) in [5.74, 6) is -0.182. The molecule has 0 atom stereocenters. The number of hydrazone groups is 1. The van der Waals surface area contributed by atoms with E-state index in [1.807, 2.05) is 12.1 Å². The third-order valence-corrected chi connectivity index (χ3v) is 6.14. The van der Waals surface area contributed by atoms with Crippen LogP contribution in [0.4, 0.5) is 0 Å². The van der Waals surface area contributed by atoms with Crippen LogP contribution in [0.15, 0.2) is 74.7 Å². The second-order valence-corrected chi connectivity index (χ2v) is 9.58. The number of rotatable bonds is 7. The monoisotopic (exact) mass is 690 g/mol. The van der Waals surface area contributed by atoms with Crippen molar-refractivity contribution in [2.45, 2.75) is 0 Å². The van der Waals surface area contributed by atoms with E-state index in [1.54, 1.807) is 48.5 Å². The van der Waals surface area contributed by atoms with Crippen LogP contribution in [0.2, 0.25) is 5.02 Å². The molecule has 3 aromatic rings. The molecule has 0 aliphatic rings. The smallest absolute Gasteiger partial charge is 0.344 e. The summed E-state index contributed by atoms with van der Waals surface area (Å²) < 4.78 is 13.0. The molecule has 0 fully saturated rings. The van der Waals surface area contributed by atoms with Crippen LogP contribution in [-0.2, 0) is 4.79 Å². The summed E-state index contributed by atoms with van der Waals surface area (Å²) >= 11 is 14.7. The highest BCUT2D eigenvalue weighted by Gasteiger charge is 2.17. The molecule has 10 heteroatoms. The van der Waals surface area contributed by atoms with E-state index < -0.39 is 11.9 Å². The van der Waals surface area contributed by atoms with E-state index in [-0.39, 0.29) is 12.4 Å². The van der Waals surface area contributed by atoms with Crippen molar-refractivity contribution in [1.82, 2.24) is 5.43 Å². The van der Waals surface area contributed by atoms with Gasteiger partial charge in [-0.05, 0) is 87.1 Å². The zero-order chi connectivity index (χ0) is 23.1. The second kappa shape index (κ2) is 11.8. The lowest BCUT2D eigenvalue weighted by molar-refractivity contribution is -0.123. The lowest BCUT2D eigenvalue weighted by Crippen LogP contribution is -2.24. The van der Waals surface area contributed by atoms with E-state index in [9.17, 15) is 9.59 Å². The highest BCUT2D eigenvalue weighted by Crippen LogP contribution is 2.33. The van der Waals surface area contributed by atoms with Crippen LogP contribution in [-0.4, -0.2) is 24.7 Å². The highest BCUT2D eigenvalue weighted by atomic mass is 127. The number of carbonyl (C=O) groups excluding carboxylic acids is 2. The number of benzene rings is 3. The molecule has 0 unspecified atom stereocenters. The predicted molar refractivity (Wildman–Crippen MR) is 139 cm³/mol. The first-order valence-electron chi connectivity index (χ1n) is 8.99. The van der Waals surface area contributed by atoms with Gasteiger partial charge in [0, 0.05) is 18.6 Å². The molecule has 1 amide bonds. The summed E-state index contributed by atoms with van der Waals surface area (Å²) in [5, 5.41) is 4.52. The van der Waals surface area contributed by atoms with Crippen LogP contribution in [0.25, 0.3) is 0 Å². The Morgan fingerprint density at radius 2 is 1.81 bits per heavy atom. The Balaban J connectivity index is 1.68. The standard InChI is InChI=1S/C22H14Br2ClIN2O4/c23-14-9-13(11-27-28-20(29)12-31-16-7-5-15(25)6-8-16)21(18(24)10-14)32-22(30)17-3-1-2-4-19(17)26/h1-11H,12H2,(H,28,29)/b27-11+. The Kier molecular flexibility index (Phi) is 9.09. The Morgan fingerprint density at radius 3 is 2.53 bits per heavy atom. The fraction of sp³-hybridized carbons (Fsp3) is 0.0455. The van der Waals surface area contributed by atoms with Crippen molar-refractivity contribution in [1.29, 1.82) is 0 Å². The minimum atomic E-state index is -0.506. The number of carbonyl (C=O) groups is 2. The van der Waals surface area contributed by atoms with Crippen LogP contribution in [0.5, 0.6) is 11.5 Å². The van der Waals surface area contributed by atoms with E-state index in [0.29, 0.717) is 26.4 Å². The molecule has 1 N–H and O–H groups in total. The van der Waals surface area contributed by atoms with Crippen LogP contribution in [0, 0.1) is 3.57 Å². The Hall–Kier alpha value is -1.95. The lowest BCUT2D eigenvalue weighted by Gasteiger charge is -2.11. The molecule has 0 bridgehead atoms. The minimum Gasteiger partial charge on any atom is -0.484 e. The number of nitrogens with zero attached hydrogens (tertiary/aromatic N) is 1. The van der Waals surface area contributed by atoms with Crippen molar-refractivity contribution in [2.24, 2.45) is 5.10 Å². The molecular formula is C22H14Br2ClIN2O4. The average molecular weight is 693 g/mol. The van der Waals surface area contributed by atoms with Crippen molar-refractivity contribution >= 4 is 84.1 Å². The van der Waals surface area contributed by atoms with Crippen molar-refractivity contribution in [3.8, 4) is 11.5 Å². The molecule has 0 aliphatic carbocycles. The van der Waals surface area contributed by atoms with Gasteiger partial charge in [-0.3, -0.25) is 4.79 Å². The molecule has 3 aromatic carbocycles. The first kappa shape index (κ1) is 24.7. The van der Waals surface area contributed by atoms with Crippen LogP contribution < -0.4 is 14.9 Å². The van der Waals surface area contributed by atoms with Crippen LogP contribution in [0.1, 0.15) is 15.9 Å². The average Bonchev–Trinajstić information content (AvgIpc) is 2.76. The van der Waals surface area contributed by atoms with Gasteiger partial charge in [0.15, 0.2) is 12.4 Å². The molecule has 0 saturated carbocycles. The van der Waals surface area contributed by atoms with Gasteiger partial charge in [-0.25, -0.2) is 10.2 Å². The van der Waals surface area contributed by atoms with Gasteiger partial charge >= 0.3 is 5.97 Å². The fourth-order valence-corrected chi connectivity index (χ4v) is 4.52. The molecule has 6 nitrogen and oxygen atoms in total. The molecule has 0 aliphatic heterocycles. The summed E-state index contributed by atoms with van der Waals surface area (Å²) in [6, 6.07) is 17.2. The van der Waals surface area contributed by atoms with Gasteiger partial charge in [-0.15, -0.1) is 0 Å². The highest BCUT2D eigenvalue weighted by molar-refractivity contribution is 14.1. The van der Waals surface area contributed by atoms with Gasteiger partial charge < -0.3 is 9.47 Å². The molecule has 32 heavy (non-hydrogen) atoms. The third kappa shape index (κ3) is 7.03. The third-order valence-electron chi connectivity index (χ3n) is 3.90. The molecule has 0 radical (unpaired) electrons. The van der Waals surface area contributed by atoms with Gasteiger partial charge in [0.2, 0.25) is 0 Å². The fourth-order valence-electron chi connectivity index (χ4n) is 2.44. The summed E-state index contributed by atoms with van der Waals surface area (Å²) in [5.41, 5.74) is 3.30. The number of esters is 1. The normalized spacial score (nSPS) is 10.8. The lowest BCUT2D eigenvalue weighted by atomic mass is 10.2. The summed E-state index contributed by atoms with van der Waals surface area (Å²) in [7, 11) is 0. The quantitative estimate of drug-likeness (QED) is 0.105. The molecule has 3 rings (SSSR count). The van der Waals surface area contributed by atoms with Crippen molar-refractivity contribution in [3.05, 3.63) is 89.3 Å². The Morgan fingerprint density at radius 1 is 1.09 bits per heavy atom. The number of hydrogen-bond acceptors (Lipinski definition) is 5. The number of hydrogen-bond donors (Lipinski definition) is 1. The SMILES string of the molecule is O=C(COc1ccc(Cl)cc1)N/N=C/c1cc(Br)cc(Br)c1OC(=O)c1ccccc1I. The van der Waals surface area contributed by atoms with E-state index in [0.717, 1.165) is 8.04 Å². The largest absolute Gasteiger partial charge is 0.484 e. The van der Waals surface area contributed by atoms with Crippen LogP contribution in [0.3, 0.4) is 0 Å². The summed E-state index contributed by atoms with van der Waals surface area (Å²) in [4.78, 5) is 24.7. The maximum atomic E-state index is 12.6. The van der Waals surface area contributed by atoms with E-state index in [1.165, 1.54) is 6.21 Å². The first-order valence-corrected chi connectivity index (χ1v) is 12.0. The predicted octanol–water partition coefficient (Wildman–Crippen LogP) is 6.22. The van der Waals surface area contributed by atoms with E-state index in [2.05, 4.69) is 65.0 Å². The zero-order valence-electron chi connectivity index (χ0n) is 16.2. The van der Waals surface area contributed by atoms with E-state index >= 15 is 0 Å². The molecule has 0 aromatic heterocycles. The molecule has 164 valence electrons. The number of amides is 1. The Labute approximate surface area is 219 Å². The Bertz CT molecular complexity index is 1170. The number of halogens is 4. The maximum absolute atomic E-state index is 12.6. The zero-order valence-corrected chi connectivity index (χ0v) is 22.2. The summed E-state index contributed by atoms with van der Waals surface area (Å²) in [6.45, 7) is -0.227. The molecule has 0 saturated heterocycles. The number of ether oxygens (including phenoxy) is 2.